The quantitative estimate of drug-likeness (QED) is 0.622. The molecule has 1 aromatic rings. The van der Waals surface area contributed by atoms with Gasteiger partial charge in [-0.25, -0.2) is 0 Å². The van der Waals surface area contributed by atoms with Crippen molar-refractivity contribution in [1.29, 1.82) is 0 Å². The minimum absolute atomic E-state index is 0. The molecule has 0 aliphatic rings. The van der Waals surface area contributed by atoms with E-state index in [1.165, 1.54) is 12.1 Å². The molecule has 0 fully saturated rings. The number of nitrogens with two attached hydrogens (primary N) is 1. The Labute approximate surface area is 99.8 Å². The monoisotopic (exact) mass is 249 g/mol. The van der Waals surface area contributed by atoms with Gasteiger partial charge in [-0.15, -0.1) is 0 Å². The summed E-state index contributed by atoms with van der Waals surface area (Å²) >= 11 is 0. The van der Waals surface area contributed by atoms with E-state index in [2.05, 4.69) is 0 Å². The number of carboxylic acid groups (broad SMARTS) is 1. The van der Waals surface area contributed by atoms with E-state index in [4.69, 9.17) is 15.9 Å². The molecule has 0 aliphatic carbocycles. The Morgan fingerprint density at radius 3 is 2.20 bits per heavy atom. The minimum Gasteiger partial charge on any atom is -0.508 e. The Morgan fingerprint density at radius 2 is 1.80 bits per heavy atom. The number of aliphatic carboxylic acids is 1. The van der Waals surface area contributed by atoms with Crippen LogP contribution in [0.15, 0.2) is 24.3 Å². The van der Waals surface area contributed by atoms with E-state index in [-0.39, 0.29) is 36.9 Å². The summed E-state index contributed by atoms with van der Waals surface area (Å²) < 4.78 is 0. The molecule has 1 atom stereocenters. The van der Waals surface area contributed by atoms with Gasteiger partial charge in [-0.1, -0.05) is 12.1 Å². The Hall–Kier alpha value is -1.01. The van der Waals surface area contributed by atoms with Gasteiger partial charge in [0, 0.05) is 18.6 Å². The molecule has 0 amide bonds. The first-order valence-corrected chi connectivity index (χ1v) is 3.86. The van der Waals surface area contributed by atoms with Crippen molar-refractivity contribution in [2.75, 3.05) is 0 Å². The Bertz CT molecular complexity index is 303. The molecule has 0 bridgehead atoms. The Kier molecular flexibility index (Phi) is 8.00. The van der Waals surface area contributed by atoms with Crippen LogP contribution in [0.25, 0.3) is 0 Å². The molecule has 0 heterocycles. The van der Waals surface area contributed by atoms with Gasteiger partial charge in [0.15, 0.2) is 0 Å². The van der Waals surface area contributed by atoms with Gasteiger partial charge in [-0.05, 0) is 24.1 Å². The molecule has 1 rings (SSSR count). The number of carboxylic acids is 1. The van der Waals surface area contributed by atoms with Crippen LogP contribution in [0.4, 0.5) is 0 Å². The van der Waals surface area contributed by atoms with Crippen LogP contribution in [0.3, 0.4) is 0 Å². The fourth-order valence-corrected chi connectivity index (χ4v) is 0.973. The maximum atomic E-state index is 10.4. The molecule has 5 nitrogen and oxygen atoms in total. The van der Waals surface area contributed by atoms with Crippen molar-refractivity contribution >= 4 is 5.97 Å². The smallest absolute Gasteiger partial charge is 0.320 e. The second-order valence-corrected chi connectivity index (χ2v) is 2.82. The van der Waals surface area contributed by atoms with E-state index in [0.717, 1.165) is 5.56 Å². The first-order valence-electron chi connectivity index (χ1n) is 3.86. The van der Waals surface area contributed by atoms with Gasteiger partial charge in [-0.2, -0.15) is 0 Å². The molecule has 0 saturated heterocycles. The number of phenolic OH excluding ortho intramolecular Hbond substituents is 1. The van der Waals surface area contributed by atoms with Crippen LogP contribution >= 0.6 is 0 Å². The Morgan fingerprint density at radius 1 is 1.33 bits per heavy atom. The van der Waals surface area contributed by atoms with Crippen LogP contribution in [0, 0.1) is 0 Å². The molecular formula is C9H14N2O3V. The van der Waals surface area contributed by atoms with Crippen LogP contribution in [0.2, 0.25) is 0 Å². The molecule has 0 unspecified atom stereocenters. The van der Waals surface area contributed by atoms with Crippen molar-refractivity contribution in [2.45, 2.75) is 12.5 Å². The van der Waals surface area contributed by atoms with Crippen molar-refractivity contribution in [1.82, 2.24) is 6.15 Å². The number of hydrogen-bond donors (Lipinski definition) is 4. The van der Waals surface area contributed by atoms with Crippen molar-refractivity contribution < 1.29 is 33.6 Å². The van der Waals surface area contributed by atoms with Gasteiger partial charge < -0.3 is 22.1 Å². The first kappa shape index (κ1) is 16.4. The number of rotatable bonds is 3. The number of benzene rings is 1. The zero-order valence-electron chi connectivity index (χ0n) is 8.13. The summed E-state index contributed by atoms with van der Waals surface area (Å²) in [6.07, 6.45) is 0.273. The summed E-state index contributed by atoms with van der Waals surface area (Å²) in [5.74, 6) is -0.860. The first-order chi connectivity index (χ1) is 6.09. The molecule has 0 spiro atoms. The molecule has 83 valence electrons. The standard InChI is InChI=1S/C9H11NO3.H3N.V/c10-8(9(12)13)5-6-1-3-7(11)4-2-6;;/h1-4,8,11H,5,10H2,(H,12,13);1H3;/t8-;;/m0../s1. The zero-order chi connectivity index (χ0) is 9.84. The van der Waals surface area contributed by atoms with Crippen molar-refractivity contribution in [3.63, 3.8) is 0 Å². The average molecular weight is 249 g/mol. The van der Waals surface area contributed by atoms with E-state index < -0.39 is 12.0 Å². The summed E-state index contributed by atoms with van der Waals surface area (Å²) in [4.78, 5) is 10.4. The summed E-state index contributed by atoms with van der Waals surface area (Å²) in [6.45, 7) is 0. The molecule has 0 saturated carbocycles. The summed E-state index contributed by atoms with van der Waals surface area (Å²) in [5, 5.41) is 17.5. The van der Waals surface area contributed by atoms with E-state index in [9.17, 15) is 4.79 Å². The van der Waals surface area contributed by atoms with Crippen molar-refractivity contribution in [3.05, 3.63) is 29.8 Å². The maximum absolute atomic E-state index is 10.4. The van der Waals surface area contributed by atoms with Gasteiger partial charge in [0.25, 0.3) is 0 Å². The molecular weight excluding hydrogens is 235 g/mol. The van der Waals surface area contributed by atoms with Crippen LogP contribution in [0.1, 0.15) is 5.56 Å². The summed E-state index contributed by atoms with van der Waals surface area (Å²) in [5.41, 5.74) is 6.12. The second-order valence-electron chi connectivity index (χ2n) is 2.82. The number of aromatic hydroxyl groups is 1. The van der Waals surface area contributed by atoms with Gasteiger partial charge in [0.1, 0.15) is 11.8 Å². The normalized spacial score (nSPS) is 10.7. The van der Waals surface area contributed by atoms with Gasteiger partial charge in [0.05, 0.1) is 0 Å². The number of phenols is 1. The molecule has 1 aromatic carbocycles. The fraction of sp³-hybridized carbons (Fsp3) is 0.222. The summed E-state index contributed by atoms with van der Waals surface area (Å²) in [7, 11) is 0. The Balaban J connectivity index is 0. The molecule has 0 aromatic heterocycles. The largest absolute Gasteiger partial charge is 0.508 e. The van der Waals surface area contributed by atoms with Crippen LogP contribution in [0.5, 0.6) is 5.75 Å². The zero-order valence-corrected chi connectivity index (χ0v) is 9.52. The molecule has 0 aliphatic heterocycles. The summed E-state index contributed by atoms with van der Waals surface area (Å²) in [6, 6.07) is 5.42. The van der Waals surface area contributed by atoms with Crippen LogP contribution in [-0.4, -0.2) is 22.2 Å². The molecule has 15 heavy (non-hydrogen) atoms. The third-order valence-corrected chi connectivity index (χ3v) is 1.71. The van der Waals surface area contributed by atoms with E-state index in [1.807, 2.05) is 0 Å². The predicted molar refractivity (Wildman–Crippen MR) is 52.4 cm³/mol. The topological polar surface area (TPSA) is 119 Å². The number of hydrogen-bond acceptors (Lipinski definition) is 4. The van der Waals surface area contributed by atoms with Crippen LogP contribution < -0.4 is 11.9 Å². The molecule has 6 heteroatoms. The average Bonchev–Trinajstić information content (AvgIpc) is 2.08. The predicted octanol–water partition coefficient (Wildman–Crippen LogP) is 0.506. The SMILES string of the molecule is N.N[C@@H](Cc1ccc(O)cc1)C(=O)O.[V]. The van der Waals surface area contributed by atoms with Crippen molar-refractivity contribution in [3.8, 4) is 5.75 Å². The minimum atomic E-state index is -1.02. The van der Waals surface area contributed by atoms with Gasteiger partial charge in [0.2, 0.25) is 0 Å². The van der Waals surface area contributed by atoms with Gasteiger partial charge >= 0.3 is 5.97 Å². The van der Waals surface area contributed by atoms with E-state index >= 15 is 0 Å². The van der Waals surface area contributed by atoms with E-state index in [0.29, 0.717) is 0 Å². The fourth-order valence-electron chi connectivity index (χ4n) is 0.973. The van der Waals surface area contributed by atoms with Crippen molar-refractivity contribution in [2.24, 2.45) is 5.73 Å². The molecule has 7 N–H and O–H groups in total. The van der Waals surface area contributed by atoms with Gasteiger partial charge in [-0.3, -0.25) is 4.79 Å². The third kappa shape index (κ3) is 5.44. The van der Waals surface area contributed by atoms with Crippen LogP contribution in [-0.2, 0) is 29.8 Å². The maximum Gasteiger partial charge on any atom is 0.320 e. The third-order valence-electron chi connectivity index (χ3n) is 1.71. The number of carbonyl (C=O) groups is 1. The second kappa shape index (κ2) is 7.31. The molecule has 1 radical (unpaired) electrons. The van der Waals surface area contributed by atoms with E-state index in [1.54, 1.807) is 12.1 Å².